The Bertz CT molecular complexity index is 678. The molecule has 1 aliphatic rings. The van der Waals surface area contributed by atoms with Crippen LogP contribution in [-0.4, -0.2) is 14.0 Å². The maximum atomic E-state index is 14.1. The molecule has 0 aromatic heterocycles. The lowest BCUT2D eigenvalue weighted by Crippen LogP contribution is -2.55. The van der Waals surface area contributed by atoms with Crippen LogP contribution in [0, 0.1) is 0 Å². The summed E-state index contributed by atoms with van der Waals surface area (Å²) < 4.78 is 28.3. The molecule has 0 saturated carbocycles. The van der Waals surface area contributed by atoms with E-state index in [0.29, 0.717) is 6.04 Å². The fourth-order valence-electron chi connectivity index (χ4n) is 4.33. The Balaban J connectivity index is 2.06. The molecule has 0 amide bonds. The van der Waals surface area contributed by atoms with Crippen LogP contribution in [0.25, 0.3) is 11.1 Å². The summed E-state index contributed by atoms with van der Waals surface area (Å²) >= 11 is 0. The van der Waals surface area contributed by atoms with Crippen LogP contribution >= 0.6 is 0 Å². The molecule has 0 bridgehead atoms. The number of hydrogen-bond acceptors (Lipinski definition) is 0. The molecule has 1 heterocycles. The highest BCUT2D eigenvalue weighted by Crippen LogP contribution is 2.37. The molecule has 2 aromatic rings. The average Bonchev–Trinajstić information content (AvgIpc) is 2.92. The second-order valence-electron chi connectivity index (χ2n) is 7.34. The summed E-state index contributed by atoms with van der Waals surface area (Å²) in [5, 5.41) is 2.78. The van der Waals surface area contributed by atoms with Crippen LogP contribution in [0.4, 0.5) is 8.78 Å². The number of rotatable bonds is 8. The van der Waals surface area contributed by atoms with E-state index in [1.54, 1.807) is 6.92 Å². The van der Waals surface area contributed by atoms with Gasteiger partial charge in [-0.15, -0.1) is 0 Å². The SMILES string of the molecule is CCCCC[Si]1(CCC(F)(F)CC)c2ccccc2-c2ccccc21. The molecule has 25 heavy (non-hydrogen) atoms. The molecule has 0 fully saturated rings. The predicted molar refractivity (Wildman–Crippen MR) is 106 cm³/mol. The van der Waals surface area contributed by atoms with Crippen LogP contribution in [0.5, 0.6) is 0 Å². The minimum atomic E-state index is -2.54. The maximum absolute atomic E-state index is 14.1. The standard InChI is InChI=1S/C22H28F2Si/c1-3-5-10-16-25(17-15-22(23,24)4-2)20-13-8-6-11-18(20)19-12-7-9-14-21(19)25/h6-9,11-14H,3-5,10,15-17H2,1-2H3. The summed E-state index contributed by atoms with van der Waals surface area (Å²) in [5.41, 5.74) is 2.59. The van der Waals surface area contributed by atoms with Crippen molar-refractivity contribution in [2.45, 2.75) is 64.0 Å². The molecule has 0 unspecified atom stereocenters. The largest absolute Gasteiger partial charge is 0.247 e. The lowest BCUT2D eigenvalue weighted by molar-refractivity contribution is -0.00667. The third kappa shape index (κ3) is 3.44. The van der Waals surface area contributed by atoms with E-state index in [1.807, 2.05) is 0 Å². The van der Waals surface area contributed by atoms with Crippen molar-refractivity contribution in [3.63, 3.8) is 0 Å². The number of unbranched alkanes of at least 4 members (excludes halogenated alkanes) is 2. The monoisotopic (exact) mass is 358 g/mol. The molecule has 0 aliphatic carbocycles. The van der Waals surface area contributed by atoms with Crippen LogP contribution in [0.1, 0.15) is 46.0 Å². The summed E-state index contributed by atoms with van der Waals surface area (Å²) in [6.45, 7) is 3.80. The van der Waals surface area contributed by atoms with E-state index in [-0.39, 0.29) is 12.8 Å². The zero-order chi connectivity index (χ0) is 17.9. The van der Waals surface area contributed by atoms with E-state index in [9.17, 15) is 8.78 Å². The second-order valence-corrected chi connectivity index (χ2v) is 11.6. The van der Waals surface area contributed by atoms with Gasteiger partial charge in [0, 0.05) is 12.8 Å². The molecule has 1 aliphatic heterocycles. The molecular formula is C22H28F2Si. The Kier molecular flexibility index (Phi) is 5.43. The van der Waals surface area contributed by atoms with Crippen molar-refractivity contribution in [1.29, 1.82) is 0 Å². The first kappa shape index (κ1) is 18.3. The summed E-state index contributed by atoms with van der Waals surface area (Å²) in [7, 11) is -2.12. The minimum absolute atomic E-state index is 0.0184. The van der Waals surface area contributed by atoms with E-state index in [1.165, 1.54) is 34.3 Å². The topological polar surface area (TPSA) is 0 Å². The summed E-state index contributed by atoms with van der Waals surface area (Å²) in [4.78, 5) is 0. The van der Waals surface area contributed by atoms with Gasteiger partial charge in [-0.1, -0.05) is 81.6 Å². The molecule has 0 N–H and O–H groups in total. The van der Waals surface area contributed by atoms with Gasteiger partial charge in [-0.3, -0.25) is 0 Å². The highest BCUT2D eigenvalue weighted by Gasteiger charge is 2.46. The van der Waals surface area contributed by atoms with Crippen molar-refractivity contribution in [2.24, 2.45) is 0 Å². The first-order chi connectivity index (χ1) is 12.0. The lowest BCUT2D eigenvalue weighted by Gasteiger charge is -2.31. The predicted octanol–water partition coefficient (Wildman–Crippen LogP) is 5.86. The summed E-state index contributed by atoms with van der Waals surface area (Å²) in [6.07, 6.45) is 3.45. The molecule has 0 nitrogen and oxygen atoms in total. The Morgan fingerprint density at radius 1 is 0.800 bits per heavy atom. The van der Waals surface area contributed by atoms with Crippen molar-refractivity contribution in [3.05, 3.63) is 48.5 Å². The van der Waals surface area contributed by atoms with Gasteiger partial charge in [-0.05, 0) is 33.6 Å². The molecule has 134 valence electrons. The van der Waals surface area contributed by atoms with Crippen LogP contribution in [0.15, 0.2) is 48.5 Å². The lowest BCUT2D eigenvalue weighted by atomic mass is 10.1. The Hall–Kier alpha value is -1.48. The number of benzene rings is 2. The zero-order valence-electron chi connectivity index (χ0n) is 15.3. The highest BCUT2D eigenvalue weighted by molar-refractivity contribution is 7.05. The van der Waals surface area contributed by atoms with E-state index < -0.39 is 14.0 Å². The van der Waals surface area contributed by atoms with Gasteiger partial charge in [0.15, 0.2) is 0 Å². The Morgan fingerprint density at radius 3 is 1.88 bits per heavy atom. The van der Waals surface area contributed by atoms with Gasteiger partial charge < -0.3 is 0 Å². The quantitative estimate of drug-likeness (QED) is 0.410. The number of alkyl halides is 2. The fourth-order valence-corrected chi connectivity index (χ4v) is 9.89. The molecule has 0 saturated heterocycles. The van der Waals surface area contributed by atoms with Gasteiger partial charge >= 0.3 is 0 Å². The number of halogens is 2. The molecule has 0 spiro atoms. The van der Waals surface area contributed by atoms with Crippen molar-refractivity contribution >= 4 is 18.4 Å². The smallest absolute Gasteiger partial charge is 0.207 e. The van der Waals surface area contributed by atoms with Crippen LogP contribution in [-0.2, 0) is 0 Å². The summed E-state index contributed by atoms with van der Waals surface area (Å²) in [5.74, 6) is -2.54. The fraction of sp³-hybridized carbons (Fsp3) is 0.455. The normalized spacial score (nSPS) is 15.0. The van der Waals surface area contributed by atoms with E-state index in [2.05, 4.69) is 55.5 Å². The molecule has 0 radical (unpaired) electrons. The van der Waals surface area contributed by atoms with Gasteiger partial charge in [-0.25, -0.2) is 8.78 Å². The van der Waals surface area contributed by atoms with Gasteiger partial charge in [0.1, 0.15) is 8.07 Å². The van der Waals surface area contributed by atoms with E-state index in [0.717, 1.165) is 12.5 Å². The highest BCUT2D eigenvalue weighted by atomic mass is 28.3. The van der Waals surface area contributed by atoms with Gasteiger partial charge in [0.05, 0.1) is 0 Å². The molecular weight excluding hydrogens is 330 g/mol. The van der Waals surface area contributed by atoms with Crippen molar-refractivity contribution < 1.29 is 8.78 Å². The van der Waals surface area contributed by atoms with Gasteiger partial charge in [0.2, 0.25) is 5.92 Å². The Labute approximate surface area is 151 Å². The van der Waals surface area contributed by atoms with Crippen molar-refractivity contribution in [2.75, 3.05) is 0 Å². The van der Waals surface area contributed by atoms with Crippen molar-refractivity contribution in [1.82, 2.24) is 0 Å². The third-order valence-electron chi connectivity index (χ3n) is 5.82. The van der Waals surface area contributed by atoms with Crippen LogP contribution < -0.4 is 10.4 Å². The average molecular weight is 359 g/mol. The van der Waals surface area contributed by atoms with Crippen LogP contribution in [0.2, 0.25) is 12.1 Å². The first-order valence-corrected chi connectivity index (χ1v) is 12.0. The summed E-state index contributed by atoms with van der Waals surface area (Å²) in [6, 6.07) is 18.9. The van der Waals surface area contributed by atoms with Crippen LogP contribution in [0.3, 0.4) is 0 Å². The third-order valence-corrected chi connectivity index (χ3v) is 11.1. The number of fused-ring (bicyclic) bond motifs is 3. The zero-order valence-corrected chi connectivity index (χ0v) is 16.3. The van der Waals surface area contributed by atoms with E-state index in [4.69, 9.17) is 0 Å². The first-order valence-electron chi connectivity index (χ1n) is 9.61. The minimum Gasteiger partial charge on any atom is -0.207 e. The number of hydrogen-bond donors (Lipinski definition) is 0. The maximum Gasteiger partial charge on any atom is 0.247 e. The second kappa shape index (κ2) is 7.41. The molecule has 3 rings (SSSR count). The van der Waals surface area contributed by atoms with E-state index >= 15 is 0 Å². The van der Waals surface area contributed by atoms with Gasteiger partial charge in [-0.2, -0.15) is 0 Å². The van der Waals surface area contributed by atoms with Crippen molar-refractivity contribution in [3.8, 4) is 11.1 Å². The molecule has 0 atom stereocenters. The molecule has 3 heteroatoms. The van der Waals surface area contributed by atoms with Gasteiger partial charge in [0.25, 0.3) is 0 Å². The Morgan fingerprint density at radius 2 is 1.36 bits per heavy atom. The molecule has 2 aromatic carbocycles.